The van der Waals surface area contributed by atoms with Crippen molar-refractivity contribution in [3.8, 4) is 0 Å². The Morgan fingerprint density at radius 2 is 1.85 bits per heavy atom. The first kappa shape index (κ1) is 18.3. The van der Waals surface area contributed by atoms with Gasteiger partial charge in [0.1, 0.15) is 0 Å². The van der Waals surface area contributed by atoms with Crippen LogP contribution in [0.2, 0.25) is 0 Å². The maximum absolute atomic E-state index is 12.7. The molecule has 1 N–H and O–H groups in total. The third-order valence-corrected chi connectivity index (χ3v) is 4.43. The molecule has 27 heavy (non-hydrogen) atoms. The van der Waals surface area contributed by atoms with E-state index in [-0.39, 0.29) is 23.7 Å². The van der Waals surface area contributed by atoms with E-state index in [1.165, 1.54) is 29.2 Å². The van der Waals surface area contributed by atoms with E-state index in [9.17, 15) is 19.7 Å². The van der Waals surface area contributed by atoms with Crippen molar-refractivity contribution < 1.29 is 9.72 Å². The molecule has 3 aromatic rings. The van der Waals surface area contributed by atoms with Crippen LogP contribution in [0.25, 0.3) is 10.9 Å². The minimum atomic E-state index is -0.512. The van der Waals surface area contributed by atoms with E-state index in [4.69, 9.17) is 0 Å². The number of aromatic nitrogens is 1. The summed E-state index contributed by atoms with van der Waals surface area (Å²) in [5.74, 6) is -0.282. The van der Waals surface area contributed by atoms with Gasteiger partial charge < -0.3 is 9.88 Å². The maximum Gasteiger partial charge on any atom is 0.269 e. The Morgan fingerprint density at radius 1 is 1.15 bits per heavy atom. The van der Waals surface area contributed by atoms with E-state index in [1.54, 1.807) is 6.07 Å². The molecule has 0 saturated heterocycles. The van der Waals surface area contributed by atoms with Gasteiger partial charge in [0.15, 0.2) is 0 Å². The molecule has 0 unspecified atom stereocenters. The van der Waals surface area contributed by atoms with Crippen LogP contribution < -0.4 is 5.56 Å². The van der Waals surface area contributed by atoms with Crippen LogP contribution in [0.4, 0.5) is 5.69 Å². The molecule has 7 nitrogen and oxygen atoms in total. The number of nitro groups is 1. The fourth-order valence-electron chi connectivity index (χ4n) is 2.92. The molecule has 1 aromatic heterocycles. The summed E-state index contributed by atoms with van der Waals surface area (Å²) in [4.78, 5) is 39.8. The SMILES string of the molecule is CCN(Cc1cc2ccc(C)cc2[nH]c1=O)C(=O)c1ccc([N+](=O)[O-])cc1. The van der Waals surface area contributed by atoms with Crippen LogP contribution in [0.1, 0.15) is 28.4 Å². The number of carbonyl (C=O) groups is 1. The number of benzene rings is 2. The number of nitrogens with one attached hydrogen (secondary N) is 1. The first-order valence-corrected chi connectivity index (χ1v) is 8.55. The normalized spacial score (nSPS) is 10.7. The molecule has 3 rings (SSSR count). The number of hydrogen-bond acceptors (Lipinski definition) is 4. The van der Waals surface area contributed by atoms with Crippen molar-refractivity contribution in [3.63, 3.8) is 0 Å². The number of rotatable bonds is 5. The number of non-ortho nitro benzene ring substituents is 1. The van der Waals surface area contributed by atoms with Crippen molar-refractivity contribution in [2.45, 2.75) is 20.4 Å². The molecule has 0 bridgehead atoms. The van der Waals surface area contributed by atoms with E-state index < -0.39 is 4.92 Å². The van der Waals surface area contributed by atoms with E-state index in [0.717, 1.165) is 16.5 Å². The molecule has 0 radical (unpaired) electrons. The number of aromatic amines is 1. The van der Waals surface area contributed by atoms with Crippen molar-refractivity contribution >= 4 is 22.5 Å². The van der Waals surface area contributed by atoms with Gasteiger partial charge in [-0.05, 0) is 49.1 Å². The number of nitro benzene ring substituents is 1. The van der Waals surface area contributed by atoms with Crippen LogP contribution in [0.5, 0.6) is 0 Å². The topological polar surface area (TPSA) is 96.3 Å². The Kier molecular flexibility index (Phi) is 5.03. The quantitative estimate of drug-likeness (QED) is 0.553. The van der Waals surface area contributed by atoms with E-state index >= 15 is 0 Å². The molecule has 0 spiro atoms. The van der Waals surface area contributed by atoms with E-state index in [2.05, 4.69) is 4.98 Å². The van der Waals surface area contributed by atoms with Crippen molar-refractivity contribution in [3.05, 3.63) is 85.7 Å². The van der Waals surface area contributed by atoms with Crippen LogP contribution in [0, 0.1) is 17.0 Å². The van der Waals surface area contributed by atoms with Crippen molar-refractivity contribution in [2.24, 2.45) is 0 Å². The Balaban J connectivity index is 1.88. The molecule has 0 saturated carbocycles. The number of hydrogen-bond donors (Lipinski definition) is 1. The van der Waals surface area contributed by atoms with Gasteiger partial charge >= 0.3 is 0 Å². The molecule has 138 valence electrons. The average molecular weight is 365 g/mol. The lowest BCUT2D eigenvalue weighted by molar-refractivity contribution is -0.384. The van der Waals surface area contributed by atoms with Gasteiger partial charge in [-0.25, -0.2) is 0 Å². The van der Waals surface area contributed by atoms with Crippen LogP contribution in [0.15, 0.2) is 53.3 Å². The lowest BCUT2D eigenvalue weighted by atomic mass is 10.1. The molecule has 0 fully saturated rings. The summed E-state index contributed by atoms with van der Waals surface area (Å²) in [7, 11) is 0. The van der Waals surface area contributed by atoms with Crippen molar-refractivity contribution in [1.29, 1.82) is 0 Å². The highest BCUT2D eigenvalue weighted by Crippen LogP contribution is 2.16. The summed E-state index contributed by atoms with van der Waals surface area (Å²) in [6.07, 6.45) is 0. The fraction of sp³-hybridized carbons (Fsp3) is 0.200. The Hall–Kier alpha value is -3.48. The van der Waals surface area contributed by atoms with Crippen LogP contribution in [-0.4, -0.2) is 27.3 Å². The van der Waals surface area contributed by atoms with Gasteiger partial charge in [-0.1, -0.05) is 12.1 Å². The number of nitrogens with zero attached hydrogens (tertiary/aromatic N) is 2. The van der Waals surface area contributed by atoms with Gasteiger partial charge in [-0.3, -0.25) is 19.7 Å². The van der Waals surface area contributed by atoms with Gasteiger partial charge in [0.2, 0.25) is 0 Å². The number of pyridine rings is 1. The monoisotopic (exact) mass is 365 g/mol. The lowest BCUT2D eigenvalue weighted by Crippen LogP contribution is -2.32. The first-order valence-electron chi connectivity index (χ1n) is 8.55. The molecular weight excluding hydrogens is 346 g/mol. The van der Waals surface area contributed by atoms with Crippen LogP contribution in [-0.2, 0) is 6.54 Å². The van der Waals surface area contributed by atoms with Gasteiger partial charge in [-0.2, -0.15) is 0 Å². The summed E-state index contributed by atoms with van der Waals surface area (Å²) >= 11 is 0. The largest absolute Gasteiger partial charge is 0.334 e. The Labute approximate surface area is 155 Å². The predicted octanol–water partition coefficient (Wildman–Crippen LogP) is 3.41. The molecule has 0 aliphatic carbocycles. The summed E-state index contributed by atoms with van der Waals surface area (Å²) in [6.45, 7) is 4.34. The number of H-pyrrole nitrogens is 1. The molecule has 0 aliphatic heterocycles. The summed E-state index contributed by atoms with van der Waals surface area (Å²) < 4.78 is 0. The number of aryl methyl sites for hydroxylation is 1. The van der Waals surface area contributed by atoms with E-state index in [1.807, 2.05) is 32.0 Å². The van der Waals surface area contributed by atoms with Crippen molar-refractivity contribution in [1.82, 2.24) is 9.88 Å². The third-order valence-electron chi connectivity index (χ3n) is 4.43. The zero-order valence-corrected chi connectivity index (χ0v) is 15.1. The smallest absolute Gasteiger partial charge is 0.269 e. The van der Waals surface area contributed by atoms with E-state index in [0.29, 0.717) is 17.7 Å². The zero-order valence-electron chi connectivity index (χ0n) is 15.1. The number of carbonyl (C=O) groups excluding carboxylic acids is 1. The molecule has 1 amide bonds. The molecule has 0 aliphatic rings. The van der Waals surface area contributed by atoms with Gasteiger partial charge in [0, 0.05) is 35.3 Å². The zero-order chi connectivity index (χ0) is 19.6. The number of amides is 1. The van der Waals surface area contributed by atoms with Gasteiger partial charge in [0.05, 0.1) is 11.5 Å². The third kappa shape index (κ3) is 3.87. The second-order valence-corrected chi connectivity index (χ2v) is 6.34. The minimum Gasteiger partial charge on any atom is -0.334 e. The second kappa shape index (κ2) is 7.41. The average Bonchev–Trinajstić information content (AvgIpc) is 2.66. The minimum absolute atomic E-state index is 0.0733. The molecule has 0 atom stereocenters. The summed E-state index contributed by atoms with van der Waals surface area (Å²) in [6, 6.07) is 13.0. The highest BCUT2D eigenvalue weighted by molar-refractivity contribution is 5.94. The van der Waals surface area contributed by atoms with Crippen LogP contribution in [0.3, 0.4) is 0 Å². The van der Waals surface area contributed by atoms with Gasteiger partial charge in [0.25, 0.3) is 17.2 Å². The maximum atomic E-state index is 12.7. The van der Waals surface area contributed by atoms with Gasteiger partial charge in [-0.15, -0.1) is 0 Å². The highest BCUT2D eigenvalue weighted by Gasteiger charge is 2.17. The van der Waals surface area contributed by atoms with Crippen molar-refractivity contribution in [2.75, 3.05) is 6.54 Å². The first-order chi connectivity index (χ1) is 12.9. The number of fused-ring (bicyclic) bond motifs is 1. The highest BCUT2D eigenvalue weighted by atomic mass is 16.6. The Bertz CT molecular complexity index is 1070. The van der Waals surface area contributed by atoms with Crippen LogP contribution >= 0.6 is 0 Å². The summed E-state index contributed by atoms with van der Waals surface area (Å²) in [5, 5.41) is 11.6. The standard InChI is InChI=1S/C20H19N3O4/c1-3-22(20(25)14-6-8-17(9-7-14)23(26)27)12-16-11-15-5-4-13(2)10-18(15)21-19(16)24/h4-11H,3,12H2,1-2H3,(H,21,24). The summed E-state index contributed by atoms with van der Waals surface area (Å²) in [5.41, 5.74) is 2.33. The lowest BCUT2D eigenvalue weighted by Gasteiger charge is -2.21. The molecule has 2 aromatic carbocycles. The molecule has 7 heteroatoms. The predicted molar refractivity (Wildman–Crippen MR) is 103 cm³/mol. The second-order valence-electron chi connectivity index (χ2n) is 6.34. The fourth-order valence-corrected chi connectivity index (χ4v) is 2.92. The molecule has 1 heterocycles. The molecular formula is C20H19N3O4. The Morgan fingerprint density at radius 3 is 2.48 bits per heavy atom.